The highest BCUT2D eigenvalue weighted by Gasteiger charge is 2.27. The van der Waals surface area contributed by atoms with Crippen LogP contribution in [-0.4, -0.2) is 53.9 Å². The summed E-state index contributed by atoms with van der Waals surface area (Å²) in [5.74, 6) is 0.752. The van der Waals surface area contributed by atoms with Crippen molar-refractivity contribution >= 4 is 17.2 Å². The second-order valence-electron chi connectivity index (χ2n) is 6.14. The molecule has 1 fully saturated rings. The molecule has 0 unspecified atom stereocenters. The van der Waals surface area contributed by atoms with Crippen LogP contribution in [0.5, 0.6) is 0 Å². The highest BCUT2D eigenvalue weighted by Crippen LogP contribution is 2.35. The molecule has 1 aliphatic rings. The maximum atomic E-state index is 13.1. The number of rotatable bonds is 3. The molecule has 0 aliphatic carbocycles. The van der Waals surface area contributed by atoms with Gasteiger partial charge in [-0.3, -0.25) is 4.79 Å². The first-order valence-electron chi connectivity index (χ1n) is 8.30. The van der Waals surface area contributed by atoms with Crippen molar-refractivity contribution in [3.63, 3.8) is 0 Å². The summed E-state index contributed by atoms with van der Waals surface area (Å²) in [5, 5.41) is 0.737. The number of benzene rings is 1. The first kappa shape index (κ1) is 16.1. The van der Waals surface area contributed by atoms with E-state index in [4.69, 9.17) is 9.40 Å². The molecule has 0 atom stereocenters. The number of carbonyl (C=O) groups excluding carboxylic acids is 1. The molecule has 3 aromatic rings. The highest BCUT2D eigenvalue weighted by atomic mass is 32.1. The molecule has 0 spiro atoms. The Morgan fingerprint density at radius 1 is 1.08 bits per heavy atom. The Balaban J connectivity index is 1.73. The topological polar surface area (TPSA) is 49.6 Å². The Bertz CT molecular complexity index is 850. The van der Waals surface area contributed by atoms with Gasteiger partial charge in [0.25, 0.3) is 5.91 Å². The number of thiazole rings is 1. The van der Waals surface area contributed by atoms with E-state index in [1.165, 1.54) is 11.3 Å². The van der Waals surface area contributed by atoms with Crippen molar-refractivity contribution in [3.05, 3.63) is 53.6 Å². The molecular weight excluding hydrogens is 334 g/mol. The van der Waals surface area contributed by atoms with Gasteiger partial charge in [0, 0.05) is 31.7 Å². The van der Waals surface area contributed by atoms with E-state index < -0.39 is 0 Å². The van der Waals surface area contributed by atoms with Gasteiger partial charge in [-0.2, -0.15) is 0 Å². The van der Waals surface area contributed by atoms with Crippen LogP contribution < -0.4 is 0 Å². The summed E-state index contributed by atoms with van der Waals surface area (Å²) in [6.07, 6.45) is 1.63. The van der Waals surface area contributed by atoms with Crippen molar-refractivity contribution in [1.82, 2.24) is 14.8 Å². The van der Waals surface area contributed by atoms with E-state index in [-0.39, 0.29) is 5.91 Å². The van der Waals surface area contributed by atoms with Crippen LogP contribution in [0.25, 0.3) is 22.0 Å². The molecule has 3 heterocycles. The first-order valence-corrected chi connectivity index (χ1v) is 9.12. The number of nitrogens with zero attached hydrogens (tertiary/aromatic N) is 3. The first-order chi connectivity index (χ1) is 12.2. The summed E-state index contributed by atoms with van der Waals surface area (Å²) in [7, 11) is 2.08. The van der Waals surface area contributed by atoms with Gasteiger partial charge < -0.3 is 14.2 Å². The predicted octanol–water partition coefficient (Wildman–Crippen LogP) is 3.46. The van der Waals surface area contributed by atoms with Crippen LogP contribution >= 0.6 is 11.3 Å². The monoisotopic (exact) mass is 353 g/mol. The quantitative estimate of drug-likeness (QED) is 0.724. The van der Waals surface area contributed by atoms with Crippen LogP contribution in [0.3, 0.4) is 0 Å². The average molecular weight is 353 g/mol. The smallest absolute Gasteiger partial charge is 0.266 e. The minimum absolute atomic E-state index is 0.0576. The lowest BCUT2D eigenvalue weighted by Crippen LogP contribution is -2.47. The number of carbonyl (C=O) groups is 1. The summed E-state index contributed by atoms with van der Waals surface area (Å²) in [6.45, 7) is 3.29. The van der Waals surface area contributed by atoms with E-state index in [1.54, 1.807) is 6.26 Å². The molecule has 0 saturated carbocycles. The van der Waals surface area contributed by atoms with E-state index in [0.29, 0.717) is 10.6 Å². The number of aromatic nitrogens is 1. The molecule has 25 heavy (non-hydrogen) atoms. The lowest BCUT2D eigenvalue weighted by molar-refractivity contribution is 0.0669. The Morgan fingerprint density at radius 2 is 1.84 bits per heavy atom. The van der Waals surface area contributed by atoms with Gasteiger partial charge in [-0.25, -0.2) is 4.98 Å². The number of piperazine rings is 1. The number of hydrogen-bond donors (Lipinski definition) is 0. The molecule has 1 saturated heterocycles. The van der Waals surface area contributed by atoms with Crippen molar-refractivity contribution < 1.29 is 9.21 Å². The zero-order valence-corrected chi connectivity index (χ0v) is 14.8. The van der Waals surface area contributed by atoms with Crippen molar-refractivity contribution in [1.29, 1.82) is 0 Å². The zero-order valence-electron chi connectivity index (χ0n) is 14.0. The van der Waals surface area contributed by atoms with Crippen LogP contribution in [-0.2, 0) is 0 Å². The number of hydrogen-bond acceptors (Lipinski definition) is 5. The maximum absolute atomic E-state index is 13.1. The standard InChI is InChI=1S/C19H19N3O2S/c1-21-9-11-22(12-10-21)19(23)17-16(14-6-3-2-4-7-14)20-18(25-17)15-8-5-13-24-15/h2-8,13H,9-12H2,1H3. The van der Waals surface area contributed by atoms with Gasteiger partial charge in [-0.05, 0) is 19.2 Å². The van der Waals surface area contributed by atoms with Gasteiger partial charge in [0.2, 0.25) is 0 Å². The largest absolute Gasteiger partial charge is 0.462 e. The van der Waals surface area contributed by atoms with Crippen LogP contribution in [0.2, 0.25) is 0 Å². The maximum Gasteiger partial charge on any atom is 0.266 e. The van der Waals surface area contributed by atoms with E-state index in [9.17, 15) is 4.79 Å². The molecule has 0 radical (unpaired) electrons. The number of furan rings is 1. The van der Waals surface area contributed by atoms with Gasteiger partial charge in [0.1, 0.15) is 4.88 Å². The minimum Gasteiger partial charge on any atom is -0.462 e. The van der Waals surface area contributed by atoms with Gasteiger partial charge in [-0.15, -0.1) is 11.3 Å². The molecule has 5 nitrogen and oxygen atoms in total. The SMILES string of the molecule is CN1CCN(C(=O)c2sc(-c3ccco3)nc2-c2ccccc2)CC1. The van der Waals surface area contributed by atoms with Gasteiger partial charge in [0.15, 0.2) is 10.8 Å². The summed E-state index contributed by atoms with van der Waals surface area (Å²) >= 11 is 1.40. The number of likely N-dealkylation sites (N-methyl/N-ethyl adjacent to an activating group) is 1. The average Bonchev–Trinajstić information content (AvgIpc) is 3.32. The zero-order chi connectivity index (χ0) is 17.2. The predicted molar refractivity (Wildman–Crippen MR) is 98.7 cm³/mol. The Morgan fingerprint density at radius 3 is 2.52 bits per heavy atom. The fraction of sp³-hybridized carbons (Fsp3) is 0.263. The summed E-state index contributed by atoms with van der Waals surface area (Å²) in [5.41, 5.74) is 1.69. The Kier molecular flexibility index (Phi) is 4.38. The molecular formula is C19H19N3O2S. The molecule has 2 aromatic heterocycles. The summed E-state index contributed by atoms with van der Waals surface area (Å²) < 4.78 is 5.48. The molecule has 0 bridgehead atoms. The fourth-order valence-corrected chi connectivity index (χ4v) is 3.94. The lowest BCUT2D eigenvalue weighted by Gasteiger charge is -2.32. The molecule has 1 aliphatic heterocycles. The van der Waals surface area contributed by atoms with Gasteiger partial charge >= 0.3 is 0 Å². The van der Waals surface area contributed by atoms with E-state index in [1.807, 2.05) is 47.4 Å². The van der Waals surface area contributed by atoms with Crippen molar-refractivity contribution in [2.24, 2.45) is 0 Å². The molecule has 1 aromatic carbocycles. The molecule has 6 heteroatoms. The Labute approximate surface area is 150 Å². The van der Waals surface area contributed by atoms with Crippen LogP contribution in [0, 0.1) is 0 Å². The third-order valence-corrected chi connectivity index (χ3v) is 5.45. The second kappa shape index (κ2) is 6.82. The van der Waals surface area contributed by atoms with Crippen molar-refractivity contribution in [2.45, 2.75) is 0 Å². The second-order valence-corrected chi connectivity index (χ2v) is 7.13. The van der Waals surface area contributed by atoms with E-state index in [0.717, 1.165) is 42.4 Å². The van der Waals surface area contributed by atoms with Crippen LogP contribution in [0.15, 0.2) is 53.1 Å². The normalized spacial score (nSPS) is 15.5. The minimum atomic E-state index is 0.0576. The van der Waals surface area contributed by atoms with Crippen molar-refractivity contribution in [3.8, 4) is 22.0 Å². The molecule has 4 rings (SSSR count). The van der Waals surface area contributed by atoms with Crippen LogP contribution in [0.4, 0.5) is 0 Å². The highest BCUT2D eigenvalue weighted by molar-refractivity contribution is 7.17. The summed E-state index contributed by atoms with van der Waals surface area (Å²) in [4.78, 5) is 22.7. The third kappa shape index (κ3) is 3.23. The van der Waals surface area contributed by atoms with E-state index in [2.05, 4.69) is 11.9 Å². The molecule has 1 amide bonds. The van der Waals surface area contributed by atoms with Gasteiger partial charge in [-0.1, -0.05) is 30.3 Å². The number of amides is 1. The molecule has 0 N–H and O–H groups in total. The Hall–Kier alpha value is -2.44. The van der Waals surface area contributed by atoms with Gasteiger partial charge in [0.05, 0.1) is 12.0 Å². The summed E-state index contributed by atoms with van der Waals surface area (Å²) in [6, 6.07) is 13.6. The van der Waals surface area contributed by atoms with Crippen LogP contribution in [0.1, 0.15) is 9.67 Å². The lowest BCUT2D eigenvalue weighted by atomic mass is 10.1. The molecule has 128 valence electrons. The van der Waals surface area contributed by atoms with Crippen molar-refractivity contribution in [2.75, 3.05) is 33.2 Å². The third-order valence-electron chi connectivity index (χ3n) is 4.39. The van der Waals surface area contributed by atoms with E-state index >= 15 is 0 Å². The fourth-order valence-electron chi connectivity index (χ4n) is 2.92.